The van der Waals surface area contributed by atoms with E-state index in [-0.39, 0.29) is 18.5 Å². The summed E-state index contributed by atoms with van der Waals surface area (Å²) >= 11 is 0. The Labute approximate surface area is 215 Å². The second-order valence-electron chi connectivity index (χ2n) is 10.3. The second kappa shape index (κ2) is 14.1. The molecule has 8 heteroatoms. The van der Waals surface area contributed by atoms with Crippen molar-refractivity contribution in [3.05, 3.63) is 35.4 Å². The molecule has 1 aromatic rings. The number of rotatable bonds is 11. The van der Waals surface area contributed by atoms with Crippen LogP contribution in [0.1, 0.15) is 84.9 Å². The monoisotopic (exact) mass is 496 g/mol. The first-order valence-corrected chi connectivity index (χ1v) is 12.4. The highest BCUT2D eigenvalue weighted by atomic mass is 16.6. The molecule has 3 amide bonds. The first-order valence-electron chi connectivity index (χ1n) is 12.4. The number of carbonyl (C=O) groups excluding carboxylic acids is 3. The molecule has 0 aliphatic heterocycles. The van der Waals surface area contributed by atoms with Gasteiger partial charge in [-0.15, -0.1) is 6.42 Å². The van der Waals surface area contributed by atoms with Crippen molar-refractivity contribution in [2.24, 2.45) is 5.92 Å². The van der Waals surface area contributed by atoms with Crippen molar-refractivity contribution < 1.29 is 19.1 Å². The standard InChI is InChI=1S/C28H40N4O4/c1-9-11-20(5)30-25(33)24(22-14-12-21(10-2)13-15-22)32(17-16-29)26(34)23(18-19(3)4)31-27(35)36-28(6,7)8/h2,12-15,19-20,23-24H,9,11,17-18H2,1,3-8H3,(H,30,33)(H,31,35). The van der Waals surface area contributed by atoms with Crippen molar-refractivity contribution >= 4 is 17.9 Å². The zero-order chi connectivity index (χ0) is 27.5. The van der Waals surface area contributed by atoms with E-state index in [0.29, 0.717) is 17.5 Å². The first-order chi connectivity index (χ1) is 16.8. The quantitative estimate of drug-likeness (QED) is 0.350. The van der Waals surface area contributed by atoms with E-state index in [1.807, 2.05) is 33.8 Å². The third-order valence-corrected chi connectivity index (χ3v) is 5.28. The molecule has 0 radical (unpaired) electrons. The molecule has 36 heavy (non-hydrogen) atoms. The fraction of sp³-hybridized carbons (Fsp3) is 0.571. The van der Waals surface area contributed by atoms with Crippen molar-refractivity contribution in [1.82, 2.24) is 15.5 Å². The molecule has 0 aliphatic carbocycles. The number of alkyl carbamates (subject to hydrolysis) is 1. The van der Waals surface area contributed by atoms with E-state index in [1.165, 1.54) is 4.90 Å². The zero-order valence-corrected chi connectivity index (χ0v) is 22.6. The van der Waals surface area contributed by atoms with Crippen molar-refractivity contribution in [2.75, 3.05) is 6.54 Å². The molecule has 0 saturated heterocycles. The van der Waals surface area contributed by atoms with Gasteiger partial charge in [0.25, 0.3) is 0 Å². The van der Waals surface area contributed by atoms with E-state index >= 15 is 0 Å². The van der Waals surface area contributed by atoms with Crippen LogP contribution in [-0.2, 0) is 14.3 Å². The molecule has 1 aromatic carbocycles. The summed E-state index contributed by atoms with van der Waals surface area (Å²) in [4.78, 5) is 41.0. The highest BCUT2D eigenvalue weighted by molar-refractivity contribution is 5.92. The maximum Gasteiger partial charge on any atom is 0.408 e. The molecular formula is C28H40N4O4. The average Bonchev–Trinajstić information content (AvgIpc) is 2.76. The van der Waals surface area contributed by atoms with Crippen LogP contribution in [0.3, 0.4) is 0 Å². The van der Waals surface area contributed by atoms with Crippen LogP contribution >= 0.6 is 0 Å². The summed E-state index contributed by atoms with van der Waals surface area (Å²) in [6, 6.07) is 6.54. The van der Waals surface area contributed by atoms with Crippen LogP contribution < -0.4 is 10.6 Å². The third kappa shape index (κ3) is 10.00. The van der Waals surface area contributed by atoms with E-state index in [4.69, 9.17) is 11.2 Å². The van der Waals surface area contributed by atoms with E-state index in [9.17, 15) is 19.6 Å². The second-order valence-corrected chi connectivity index (χ2v) is 10.3. The first kappa shape index (κ1) is 30.5. The van der Waals surface area contributed by atoms with Gasteiger partial charge in [-0.25, -0.2) is 4.79 Å². The van der Waals surface area contributed by atoms with Gasteiger partial charge in [-0.05, 0) is 64.2 Å². The summed E-state index contributed by atoms with van der Waals surface area (Å²) in [6.45, 7) is 12.6. The third-order valence-electron chi connectivity index (χ3n) is 5.28. The number of hydrogen-bond acceptors (Lipinski definition) is 5. The molecule has 0 heterocycles. The molecule has 196 valence electrons. The number of benzene rings is 1. The predicted molar refractivity (Wildman–Crippen MR) is 140 cm³/mol. The Kier molecular flexibility index (Phi) is 12.0. The van der Waals surface area contributed by atoms with Crippen molar-refractivity contribution in [1.29, 1.82) is 5.26 Å². The van der Waals surface area contributed by atoms with E-state index < -0.39 is 35.6 Å². The lowest BCUT2D eigenvalue weighted by atomic mass is 9.98. The summed E-state index contributed by atoms with van der Waals surface area (Å²) in [5.74, 6) is 1.63. The van der Waals surface area contributed by atoms with Crippen molar-refractivity contribution in [3.8, 4) is 18.4 Å². The fourth-order valence-electron chi connectivity index (χ4n) is 3.78. The molecule has 1 rings (SSSR count). The van der Waals surface area contributed by atoms with Crippen LogP contribution in [0, 0.1) is 29.6 Å². The van der Waals surface area contributed by atoms with Crippen LogP contribution in [0.5, 0.6) is 0 Å². The van der Waals surface area contributed by atoms with Gasteiger partial charge >= 0.3 is 6.09 Å². The number of nitriles is 1. The minimum absolute atomic E-state index is 0.0459. The molecule has 0 fully saturated rings. The number of amides is 3. The average molecular weight is 497 g/mol. The van der Waals surface area contributed by atoms with Crippen molar-refractivity contribution in [3.63, 3.8) is 0 Å². The summed E-state index contributed by atoms with van der Waals surface area (Å²) in [5, 5.41) is 15.2. The lowest BCUT2D eigenvalue weighted by Crippen LogP contribution is -2.54. The number of carbonyl (C=O) groups is 3. The summed E-state index contributed by atoms with van der Waals surface area (Å²) < 4.78 is 5.35. The minimum atomic E-state index is -1.08. The van der Waals surface area contributed by atoms with Crippen molar-refractivity contribution in [2.45, 2.75) is 91.5 Å². The topological polar surface area (TPSA) is 112 Å². The predicted octanol–water partition coefficient (Wildman–Crippen LogP) is 4.31. The van der Waals surface area contributed by atoms with Gasteiger partial charge < -0.3 is 20.3 Å². The Morgan fingerprint density at radius 2 is 1.72 bits per heavy atom. The van der Waals surface area contributed by atoms with Gasteiger partial charge in [-0.1, -0.05) is 45.2 Å². The molecule has 0 saturated carbocycles. The molecule has 3 atom stereocenters. The number of ether oxygens (including phenoxy) is 1. The molecule has 0 bridgehead atoms. The lowest BCUT2D eigenvalue weighted by Gasteiger charge is -2.34. The smallest absolute Gasteiger partial charge is 0.408 e. The fourth-order valence-corrected chi connectivity index (χ4v) is 3.78. The van der Waals surface area contributed by atoms with Gasteiger partial charge in [0.15, 0.2) is 0 Å². The molecule has 8 nitrogen and oxygen atoms in total. The Morgan fingerprint density at radius 3 is 2.19 bits per heavy atom. The summed E-state index contributed by atoms with van der Waals surface area (Å²) in [6.07, 6.45) is 6.67. The SMILES string of the molecule is C#Cc1ccc(C(C(=O)NC(C)CCC)N(CC#N)C(=O)C(CC(C)C)NC(=O)OC(C)(C)C)cc1. The molecule has 0 aromatic heterocycles. The Morgan fingerprint density at radius 1 is 1.11 bits per heavy atom. The van der Waals surface area contributed by atoms with Crippen LogP contribution in [0.25, 0.3) is 0 Å². The van der Waals surface area contributed by atoms with Gasteiger partial charge in [0.2, 0.25) is 11.8 Å². The number of hydrogen-bond donors (Lipinski definition) is 2. The van der Waals surface area contributed by atoms with E-state index in [0.717, 1.165) is 12.8 Å². The number of nitrogens with zero attached hydrogens (tertiary/aromatic N) is 2. The highest BCUT2D eigenvalue weighted by Crippen LogP contribution is 2.24. The normalized spacial score (nSPS) is 13.5. The van der Waals surface area contributed by atoms with Gasteiger partial charge in [0.05, 0.1) is 6.07 Å². The molecule has 2 N–H and O–H groups in total. The number of nitrogens with one attached hydrogen (secondary N) is 2. The summed E-state index contributed by atoms with van der Waals surface area (Å²) in [5.41, 5.74) is 0.386. The molecular weight excluding hydrogens is 456 g/mol. The molecule has 0 spiro atoms. The highest BCUT2D eigenvalue weighted by Gasteiger charge is 2.36. The summed E-state index contributed by atoms with van der Waals surface area (Å²) in [7, 11) is 0. The van der Waals surface area contributed by atoms with Crippen LogP contribution in [0.4, 0.5) is 4.79 Å². The number of terminal acetylenes is 1. The van der Waals surface area contributed by atoms with Gasteiger partial charge in [0.1, 0.15) is 24.2 Å². The maximum absolute atomic E-state index is 13.8. The maximum atomic E-state index is 13.8. The minimum Gasteiger partial charge on any atom is -0.444 e. The Bertz CT molecular complexity index is 967. The lowest BCUT2D eigenvalue weighted by molar-refractivity contribution is -0.142. The van der Waals surface area contributed by atoms with Crippen LogP contribution in [0.15, 0.2) is 24.3 Å². The van der Waals surface area contributed by atoms with Gasteiger partial charge in [-0.3, -0.25) is 9.59 Å². The Balaban J connectivity index is 3.46. The molecule has 3 unspecified atom stereocenters. The Hall–Kier alpha value is -3.52. The largest absolute Gasteiger partial charge is 0.444 e. The van der Waals surface area contributed by atoms with E-state index in [2.05, 4.69) is 16.6 Å². The van der Waals surface area contributed by atoms with Gasteiger partial charge in [0, 0.05) is 11.6 Å². The van der Waals surface area contributed by atoms with Crippen LogP contribution in [0.2, 0.25) is 0 Å². The van der Waals surface area contributed by atoms with E-state index in [1.54, 1.807) is 45.0 Å². The van der Waals surface area contributed by atoms with Gasteiger partial charge in [-0.2, -0.15) is 5.26 Å². The molecule has 0 aliphatic rings. The zero-order valence-electron chi connectivity index (χ0n) is 22.6. The van der Waals surface area contributed by atoms with Crippen LogP contribution in [-0.4, -0.2) is 47.0 Å².